The molecule has 6 nitrogen and oxygen atoms in total. The number of hydrogen-bond donors (Lipinski definition) is 0. The molecule has 0 aliphatic carbocycles. The van der Waals surface area contributed by atoms with Crippen LogP contribution in [0.15, 0.2) is 12.3 Å². The average Bonchev–Trinajstić information content (AvgIpc) is 2.90. The van der Waals surface area contributed by atoms with Gasteiger partial charge in [0.05, 0.1) is 0 Å². The molecule has 1 aromatic heterocycles. The highest BCUT2D eigenvalue weighted by Gasteiger charge is 2.42. The molecule has 7 heteroatoms. The van der Waals surface area contributed by atoms with Crippen LogP contribution in [0.1, 0.15) is 40.0 Å². The molecular weight excluding hydrogens is 328 g/mol. The van der Waals surface area contributed by atoms with Gasteiger partial charge in [0.25, 0.3) is 0 Å². The maximum Gasteiger partial charge on any atom is 0.410 e. The molecular formula is C17H25ClN4O2. The first kappa shape index (κ1) is 17.3. The monoisotopic (exact) mass is 352 g/mol. The number of carbonyl (C=O) groups excluding carboxylic acids is 1. The molecule has 2 aliphatic rings. The van der Waals surface area contributed by atoms with E-state index in [2.05, 4.69) is 14.9 Å². The molecule has 0 saturated carbocycles. The van der Waals surface area contributed by atoms with E-state index in [0.29, 0.717) is 0 Å². The van der Waals surface area contributed by atoms with Gasteiger partial charge in [0.2, 0.25) is 5.28 Å². The van der Waals surface area contributed by atoms with Gasteiger partial charge in [-0.05, 0) is 63.1 Å². The molecule has 3 rings (SSSR count). The zero-order valence-corrected chi connectivity index (χ0v) is 15.3. The van der Waals surface area contributed by atoms with Crippen LogP contribution >= 0.6 is 11.6 Å². The third-order valence-corrected chi connectivity index (χ3v) is 5.03. The van der Waals surface area contributed by atoms with Crippen molar-refractivity contribution in [2.45, 2.75) is 45.6 Å². The molecule has 132 valence electrons. The fourth-order valence-corrected chi connectivity index (χ4v) is 3.67. The molecule has 1 aromatic rings. The van der Waals surface area contributed by atoms with Crippen molar-refractivity contribution in [3.8, 4) is 0 Å². The Kier molecular flexibility index (Phi) is 4.60. The van der Waals surface area contributed by atoms with E-state index in [4.69, 9.17) is 16.3 Å². The first-order valence-electron chi connectivity index (χ1n) is 8.48. The van der Waals surface area contributed by atoms with E-state index < -0.39 is 5.60 Å². The Morgan fingerprint density at radius 1 is 1.25 bits per heavy atom. The number of likely N-dealkylation sites (tertiary alicyclic amines) is 1. The van der Waals surface area contributed by atoms with Gasteiger partial charge in [-0.1, -0.05) is 0 Å². The second-order valence-corrected chi connectivity index (χ2v) is 8.16. The number of nitrogens with zero attached hydrogens (tertiary/aromatic N) is 4. The molecule has 2 fully saturated rings. The van der Waals surface area contributed by atoms with E-state index in [1.165, 1.54) is 0 Å². The standard InChI is InChI=1S/C17H25ClN4O2/c1-16(2,3)24-15(23)21-9-5-17(6-10-21)7-11-22(12-17)13-4-8-19-14(18)20-13/h4,8H,5-7,9-12H2,1-3H3. The molecule has 2 saturated heterocycles. The van der Waals surface area contributed by atoms with Crippen LogP contribution in [0.25, 0.3) is 0 Å². The van der Waals surface area contributed by atoms with Gasteiger partial charge < -0.3 is 14.5 Å². The van der Waals surface area contributed by atoms with Crippen molar-refractivity contribution in [3.05, 3.63) is 17.5 Å². The third-order valence-electron chi connectivity index (χ3n) is 4.85. The summed E-state index contributed by atoms with van der Waals surface area (Å²) in [5.74, 6) is 0.890. The highest BCUT2D eigenvalue weighted by Crippen LogP contribution is 2.41. The van der Waals surface area contributed by atoms with Crippen LogP contribution in [0, 0.1) is 5.41 Å². The van der Waals surface area contributed by atoms with Gasteiger partial charge in [-0.3, -0.25) is 0 Å². The van der Waals surface area contributed by atoms with Crippen molar-refractivity contribution < 1.29 is 9.53 Å². The number of hydrogen-bond acceptors (Lipinski definition) is 5. The van der Waals surface area contributed by atoms with Crippen LogP contribution in [0.3, 0.4) is 0 Å². The summed E-state index contributed by atoms with van der Waals surface area (Å²) in [4.78, 5) is 24.6. The Balaban J connectivity index is 1.58. The molecule has 3 heterocycles. The van der Waals surface area contributed by atoms with Crippen molar-refractivity contribution in [2.75, 3.05) is 31.1 Å². The molecule has 1 spiro atoms. The predicted octanol–water partition coefficient (Wildman–Crippen LogP) is 3.36. The van der Waals surface area contributed by atoms with Gasteiger partial charge in [0.1, 0.15) is 11.4 Å². The molecule has 0 bridgehead atoms. The summed E-state index contributed by atoms with van der Waals surface area (Å²) in [6.45, 7) is 9.15. The summed E-state index contributed by atoms with van der Waals surface area (Å²) in [5, 5.41) is 0.285. The Morgan fingerprint density at radius 3 is 2.54 bits per heavy atom. The first-order valence-corrected chi connectivity index (χ1v) is 8.86. The minimum Gasteiger partial charge on any atom is -0.444 e. The summed E-state index contributed by atoms with van der Waals surface area (Å²) in [5.41, 5.74) is -0.182. The van der Waals surface area contributed by atoms with E-state index in [1.807, 2.05) is 31.7 Å². The molecule has 2 aliphatic heterocycles. The minimum atomic E-state index is -0.442. The SMILES string of the molecule is CC(C)(C)OC(=O)N1CCC2(CC1)CCN(c1ccnc(Cl)n1)C2. The van der Waals surface area contributed by atoms with Crippen molar-refractivity contribution in [1.29, 1.82) is 0 Å². The van der Waals surface area contributed by atoms with E-state index in [1.54, 1.807) is 6.20 Å². The van der Waals surface area contributed by atoms with Crippen LogP contribution < -0.4 is 4.90 Å². The highest BCUT2D eigenvalue weighted by molar-refractivity contribution is 6.28. The van der Waals surface area contributed by atoms with Crippen molar-refractivity contribution in [3.63, 3.8) is 0 Å². The Hall–Kier alpha value is -1.56. The number of piperidine rings is 1. The number of amides is 1. The minimum absolute atomic E-state index is 0.199. The first-order chi connectivity index (χ1) is 11.3. The predicted molar refractivity (Wildman–Crippen MR) is 93.3 cm³/mol. The fourth-order valence-electron chi connectivity index (χ4n) is 3.53. The lowest BCUT2D eigenvalue weighted by Crippen LogP contribution is -2.46. The third kappa shape index (κ3) is 3.91. The van der Waals surface area contributed by atoms with E-state index in [-0.39, 0.29) is 16.8 Å². The van der Waals surface area contributed by atoms with Gasteiger partial charge in [-0.2, -0.15) is 0 Å². The summed E-state index contributed by atoms with van der Waals surface area (Å²) < 4.78 is 5.48. The zero-order chi connectivity index (χ0) is 17.4. The number of anilines is 1. The zero-order valence-electron chi connectivity index (χ0n) is 14.6. The second-order valence-electron chi connectivity index (χ2n) is 7.82. The van der Waals surface area contributed by atoms with Gasteiger partial charge in [-0.15, -0.1) is 0 Å². The molecule has 1 amide bonds. The molecule has 0 atom stereocenters. The Labute approximate surface area is 148 Å². The lowest BCUT2D eigenvalue weighted by Gasteiger charge is -2.39. The Bertz CT molecular complexity index is 609. The van der Waals surface area contributed by atoms with Gasteiger partial charge in [-0.25, -0.2) is 14.8 Å². The normalized spacial score (nSPS) is 20.5. The summed E-state index contributed by atoms with van der Waals surface area (Å²) >= 11 is 5.90. The van der Waals surface area contributed by atoms with Crippen LogP contribution in [0.4, 0.5) is 10.6 Å². The maximum atomic E-state index is 12.2. The molecule has 0 aromatic carbocycles. The van der Waals surface area contributed by atoms with Crippen LogP contribution in [-0.4, -0.2) is 52.7 Å². The highest BCUT2D eigenvalue weighted by atomic mass is 35.5. The largest absolute Gasteiger partial charge is 0.444 e. The molecule has 0 unspecified atom stereocenters. The fraction of sp³-hybridized carbons (Fsp3) is 0.706. The summed E-state index contributed by atoms with van der Waals surface area (Å²) in [7, 11) is 0. The van der Waals surface area contributed by atoms with Gasteiger partial charge in [0, 0.05) is 32.4 Å². The van der Waals surface area contributed by atoms with E-state index in [0.717, 1.165) is 51.3 Å². The van der Waals surface area contributed by atoms with Crippen molar-refractivity contribution in [1.82, 2.24) is 14.9 Å². The van der Waals surface area contributed by atoms with Crippen LogP contribution in [-0.2, 0) is 4.74 Å². The topological polar surface area (TPSA) is 58.6 Å². The average molecular weight is 353 g/mol. The van der Waals surface area contributed by atoms with E-state index >= 15 is 0 Å². The number of carbonyl (C=O) groups is 1. The molecule has 0 N–H and O–H groups in total. The molecule has 24 heavy (non-hydrogen) atoms. The van der Waals surface area contributed by atoms with Crippen LogP contribution in [0.5, 0.6) is 0 Å². The number of ether oxygens (including phenoxy) is 1. The van der Waals surface area contributed by atoms with Crippen molar-refractivity contribution >= 4 is 23.5 Å². The lowest BCUT2D eigenvalue weighted by molar-refractivity contribution is 0.0122. The maximum absolute atomic E-state index is 12.2. The second kappa shape index (κ2) is 6.39. The summed E-state index contributed by atoms with van der Waals surface area (Å²) in [6.07, 6.45) is 4.62. The quantitative estimate of drug-likeness (QED) is 0.725. The van der Waals surface area contributed by atoms with Crippen molar-refractivity contribution in [2.24, 2.45) is 5.41 Å². The number of halogens is 1. The Morgan fingerprint density at radius 2 is 1.92 bits per heavy atom. The molecule has 0 radical (unpaired) electrons. The van der Waals surface area contributed by atoms with Gasteiger partial charge in [0.15, 0.2) is 0 Å². The van der Waals surface area contributed by atoms with Crippen LogP contribution in [0.2, 0.25) is 5.28 Å². The number of rotatable bonds is 1. The smallest absolute Gasteiger partial charge is 0.410 e. The van der Waals surface area contributed by atoms with Gasteiger partial charge >= 0.3 is 6.09 Å². The summed E-state index contributed by atoms with van der Waals surface area (Å²) in [6, 6.07) is 1.90. The van der Waals surface area contributed by atoms with E-state index in [9.17, 15) is 4.79 Å². The number of aromatic nitrogens is 2. The lowest BCUT2D eigenvalue weighted by atomic mass is 9.78.